The number of nitrogens with one attached hydrogen (secondary N) is 1. The highest BCUT2D eigenvalue weighted by molar-refractivity contribution is 5.68. The zero-order valence-corrected chi connectivity index (χ0v) is 3.30. The molecule has 6 heavy (non-hydrogen) atoms. The molecule has 0 saturated carbocycles. The van der Waals surface area contributed by atoms with Gasteiger partial charge in [0.1, 0.15) is 1.41 Å². The molecule has 0 saturated heterocycles. The van der Waals surface area contributed by atoms with Gasteiger partial charge in [-0.3, -0.25) is 4.79 Å². The molecule has 0 aromatic rings. The predicted molar refractivity (Wildman–Crippen MR) is 21.6 cm³/mol. The minimum atomic E-state index is -2.58. The van der Waals surface area contributed by atoms with Gasteiger partial charge in [0, 0.05) is 0 Å². The van der Waals surface area contributed by atoms with Gasteiger partial charge in [0.15, 0.2) is 0 Å². The first-order chi connectivity index (χ1) is 3.89. The smallest absolute Gasteiger partial charge is 0.317 e. The average Bonchev–Trinajstić information content (AvgIpc) is 1.65. The van der Waals surface area contributed by atoms with Gasteiger partial charge in [0.2, 0.25) is 0 Å². The number of carboxylic acids is 1. The van der Waals surface area contributed by atoms with Crippen LogP contribution in [0.1, 0.15) is 2.74 Å². The number of hydrogen-bond acceptors (Lipinski definition) is 2. The lowest BCUT2D eigenvalue weighted by atomic mass is 10.7. The first-order valence-electron chi connectivity index (χ1n) is 2.80. The van der Waals surface area contributed by atoms with Crippen LogP contribution in [0.5, 0.6) is 0 Å². The largest absolute Gasteiger partial charge is 0.480 e. The van der Waals surface area contributed by atoms with E-state index in [1.165, 1.54) is 0 Å². The van der Waals surface area contributed by atoms with E-state index < -0.39 is 12.5 Å². The molecule has 0 aromatic heterocycles. The molecule has 0 rings (SSSR count). The van der Waals surface area contributed by atoms with Gasteiger partial charge < -0.3 is 10.4 Å². The molecule has 0 amide bonds. The van der Waals surface area contributed by atoms with Gasteiger partial charge in [-0.15, -0.1) is 0 Å². The lowest BCUT2D eigenvalue weighted by Crippen LogP contribution is -2.16. The molecule has 0 aromatic carbocycles. The lowest BCUT2D eigenvalue weighted by Gasteiger charge is -1.84. The van der Waals surface area contributed by atoms with E-state index in [2.05, 4.69) is 0 Å². The Kier molecular flexibility index (Phi) is 0.854. The van der Waals surface area contributed by atoms with Crippen molar-refractivity contribution in [3.05, 3.63) is 0 Å². The van der Waals surface area contributed by atoms with E-state index in [1.54, 1.807) is 0 Å². The zero-order valence-electron chi connectivity index (χ0n) is 6.30. The van der Waals surface area contributed by atoms with Crippen LogP contribution in [-0.4, -0.2) is 24.6 Å². The number of aliphatic carboxylic acids is 1. The van der Waals surface area contributed by atoms with Crippen molar-refractivity contribution in [1.29, 1.82) is 0 Å². The summed E-state index contributed by atoms with van der Waals surface area (Å²) in [5.41, 5.74) is 0. The third-order valence-electron chi connectivity index (χ3n) is 0.207. The summed E-state index contributed by atoms with van der Waals surface area (Å²) in [7, 11) is 1.04. The minimum absolute atomic E-state index is 0.245. The molecule has 0 spiro atoms. The summed E-state index contributed by atoms with van der Waals surface area (Å²) < 4.78 is 19.9. The maximum atomic E-state index is 9.93. The van der Waals surface area contributed by atoms with E-state index in [-0.39, 0.29) is 5.31 Å². The molecule has 0 radical (unpaired) electrons. The molecular formula is C3H7NO2. The van der Waals surface area contributed by atoms with Crippen molar-refractivity contribution in [3.63, 3.8) is 0 Å². The Hall–Kier alpha value is -0.570. The van der Waals surface area contributed by atoms with E-state index in [0.717, 1.165) is 7.05 Å². The summed E-state index contributed by atoms with van der Waals surface area (Å²) >= 11 is 0. The van der Waals surface area contributed by atoms with Crippen LogP contribution in [0.15, 0.2) is 0 Å². The molecule has 0 heterocycles. The maximum Gasteiger partial charge on any atom is 0.317 e. The van der Waals surface area contributed by atoms with Crippen molar-refractivity contribution in [2.45, 2.75) is 0 Å². The lowest BCUT2D eigenvalue weighted by molar-refractivity contribution is -0.135. The summed E-state index contributed by atoms with van der Waals surface area (Å²) in [5, 5.41) is 8.32. The van der Waals surface area contributed by atoms with Gasteiger partial charge in [-0.25, -0.2) is 0 Å². The molecule has 0 fully saturated rings. The molecule has 0 atom stereocenters. The fourth-order valence-corrected chi connectivity index (χ4v) is 0.0956. The van der Waals surface area contributed by atoms with Crippen LogP contribution in [-0.2, 0) is 4.79 Å². The Morgan fingerprint density at radius 3 is 3.00 bits per heavy atom. The van der Waals surface area contributed by atoms with Gasteiger partial charge in [-0.1, -0.05) is 0 Å². The standard InChI is InChI=1S/C3H7NO2/c1-4-2-3(5)6/h4H,2H2,1H3,(H,5,6)/i2D2/hD. The summed E-state index contributed by atoms with van der Waals surface area (Å²) in [6.07, 6.45) is 0. The Morgan fingerprint density at radius 2 is 3.00 bits per heavy atom. The predicted octanol–water partition coefficient (Wildman–Crippen LogP) is -0.710. The van der Waals surface area contributed by atoms with Crippen molar-refractivity contribution < 1.29 is 14.1 Å². The van der Waals surface area contributed by atoms with Gasteiger partial charge in [-0.2, -0.15) is 0 Å². The second-order valence-electron chi connectivity index (χ2n) is 0.641. The van der Waals surface area contributed by atoms with Gasteiger partial charge in [0.05, 0.1) is 9.24 Å². The first-order valence-corrected chi connectivity index (χ1v) is 1.35. The van der Waals surface area contributed by atoms with Crippen LogP contribution in [0.25, 0.3) is 0 Å². The van der Waals surface area contributed by atoms with Crippen LogP contribution in [0.3, 0.4) is 0 Å². The van der Waals surface area contributed by atoms with Crippen LogP contribution in [0, 0.1) is 0 Å². The summed E-state index contributed by atoms with van der Waals surface area (Å²) in [4.78, 5) is 9.93. The molecule has 2 N–H and O–H groups in total. The normalized spacial score (nSPS) is 18.7. The zero-order chi connectivity index (χ0) is 7.65. The average molecular weight is 92.1 g/mol. The number of rotatable bonds is 2. The summed E-state index contributed by atoms with van der Waals surface area (Å²) in [5.74, 6) is -1.65. The Balaban J connectivity index is 4.19. The number of hydrogen-bond donors (Lipinski definition) is 2. The van der Waals surface area contributed by atoms with Crippen molar-refractivity contribution in [2.75, 3.05) is 13.5 Å². The molecule has 0 aliphatic carbocycles. The van der Waals surface area contributed by atoms with Crippen LogP contribution in [0.4, 0.5) is 0 Å². The highest BCUT2D eigenvalue weighted by atomic mass is 16.4. The van der Waals surface area contributed by atoms with Crippen molar-refractivity contribution in [1.82, 2.24) is 5.31 Å². The van der Waals surface area contributed by atoms with Crippen molar-refractivity contribution >= 4 is 5.97 Å². The topological polar surface area (TPSA) is 49.3 Å². The molecule has 0 aliphatic heterocycles. The van der Waals surface area contributed by atoms with Gasteiger partial charge in [0.25, 0.3) is 0 Å². The van der Waals surface area contributed by atoms with E-state index in [9.17, 15) is 4.79 Å². The molecule has 3 nitrogen and oxygen atoms in total. The SMILES string of the molecule is [2H]N(C)C([2H])([2H])C(=O)O. The Morgan fingerprint density at radius 1 is 2.50 bits per heavy atom. The molecule has 0 unspecified atom stereocenters. The third-order valence-corrected chi connectivity index (χ3v) is 0.207. The molecule has 3 heteroatoms. The number of likely N-dealkylation sites (N-methyl/N-ethyl adjacent to an activating group) is 1. The monoisotopic (exact) mass is 92.1 g/mol. The van der Waals surface area contributed by atoms with Crippen molar-refractivity contribution in [3.8, 4) is 0 Å². The maximum absolute atomic E-state index is 9.93. The molecular weight excluding hydrogens is 82.0 g/mol. The fraction of sp³-hybridized carbons (Fsp3) is 0.667. The quantitative estimate of drug-likeness (QED) is 0.473. The minimum Gasteiger partial charge on any atom is -0.480 e. The van der Waals surface area contributed by atoms with Crippen molar-refractivity contribution in [2.24, 2.45) is 0 Å². The fourth-order valence-electron chi connectivity index (χ4n) is 0.0956. The van der Waals surface area contributed by atoms with E-state index in [4.69, 9.17) is 9.26 Å². The highest BCUT2D eigenvalue weighted by Gasteiger charge is 1.86. The second kappa shape index (κ2) is 2.66. The van der Waals surface area contributed by atoms with E-state index in [1.807, 2.05) is 0 Å². The Labute approximate surface area is 40.2 Å². The number of carbonyl (C=O) groups is 1. The number of carboxylic acid groups (broad SMARTS) is 1. The Bertz CT molecular complexity index is 124. The van der Waals surface area contributed by atoms with Crippen LogP contribution >= 0.6 is 0 Å². The van der Waals surface area contributed by atoms with E-state index in [0.29, 0.717) is 0 Å². The first kappa shape index (κ1) is 1.93. The van der Waals surface area contributed by atoms with E-state index >= 15 is 0 Å². The third kappa shape index (κ3) is 3.43. The van der Waals surface area contributed by atoms with Crippen LogP contribution < -0.4 is 5.31 Å². The highest BCUT2D eigenvalue weighted by Crippen LogP contribution is 1.50. The van der Waals surface area contributed by atoms with Gasteiger partial charge in [-0.05, 0) is 7.05 Å². The second-order valence-corrected chi connectivity index (χ2v) is 0.641. The van der Waals surface area contributed by atoms with Crippen LogP contribution in [0.2, 0.25) is 1.41 Å². The molecule has 0 bridgehead atoms. The van der Waals surface area contributed by atoms with Gasteiger partial charge >= 0.3 is 5.97 Å². The molecule has 36 valence electrons. The summed E-state index contributed by atoms with van der Waals surface area (Å²) in [6, 6.07) is 0. The summed E-state index contributed by atoms with van der Waals surface area (Å²) in [6.45, 7) is -2.58. The molecule has 0 aliphatic rings.